The molecule has 2 bridgehead atoms. The summed E-state index contributed by atoms with van der Waals surface area (Å²) in [4.78, 5) is 24.9. The van der Waals surface area contributed by atoms with Gasteiger partial charge < -0.3 is 15.7 Å². The number of hydrogen-bond donors (Lipinski definition) is 3. The summed E-state index contributed by atoms with van der Waals surface area (Å²) in [6.45, 7) is 11.8. The minimum Gasteiger partial charge on any atom is -0.389 e. The minimum atomic E-state index is -0.613. The molecule has 3 aliphatic rings. The van der Waals surface area contributed by atoms with Crippen molar-refractivity contribution in [1.82, 2.24) is 20.4 Å². The molecule has 8 heteroatoms. The lowest BCUT2D eigenvalue weighted by atomic mass is 9.51. The number of carbonyl (C=O) groups excluding carboxylic acids is 2. The molecule has 1 aromatic rings. The molecule has 0 radical (unpaired) electrons. The Hall–Kier alpha value is -1.80. The highest BCUT2D eigenvalue weighted by Gasteiger charge is 2.71. The molecular weight excluding hydrogens is 436 g/mol. The van der Waals surface area contributed by atoms with E-state index in [1.165, 1.54) is 13.3 Å². The van der Waals surface area contributed by atoms with Crippen molar-refractivity contribution in [2.75, 3.05) is 0 Å². The van der Waals surface area contributed by atoms with Crippen molar-refractivity contribution in [2.24, 2.45) is 17.3 Å². The van der Waals surface area contributed by atoms with E-state index in [4.69, 9.17) is 0 Å². The standard InChI is InChI=1S/C25H38N4O3S/c1-15(2)33-22-19(14-26-29(22)8-7-23(5,6)28-17(4)30)21(31)27-20-13-25(32)12-18-9-16(3)10-24(20,25)11-18/h7-8,14-16,18,20,32H,9-13H2,1-6H3,(H,27,31)(H,28,30)/b8-7+/t16?,18?,20?,24?,25-/m0/s1. The summed E-state index contributed by atoms with van der Waals surface area (Å²) in [7, 11) is 0. The van der Waals surface area contributed by atoms with Crippen LogP contribution in [-0.2, 0) is 4.79 Å². The second-order valence-electron chi connectivity index (χ2n) is 11.4. The van der Waals surface area contributed by atoms with Gasteiger partial charge in [0.05, 0.1) is 22.9 Å². The van der Waals surface area contributed by atoms with E-state index in [-0.39, 0.29) is 28.5 Å². The van der Waals surface area contributed by atoms with Gasteiger partial charge in [-0.05, 0) is 63.9 Å². The van der Waals surface area contributed by atoms with Crippen LogP contribution in [0.1, 0.15) is 84.0 Å². The summed E-state index contributed by atoms with van der Waals surface area (Å²) in [5, 5.41) is 22.9. The van der Waals surface area contributed by atoms with Gasteiger partial charge in [-0.3, -0.25) is 9.59 Å². The highest BCUT2D eigenvalue weighted by molar-refractivity contribution is 7.99. The molecule has 2 amide bonds. The number of carbonyl (C=O) groups is 2. The van der Waals surface area contributed by atoms with Gasteiger partial charge in [0.1, 0.15) is 5.03 Å². The molecule has 4 rings (SSSR count). The Labute approximate surface area is 201 Å². The lowest BCUT2D eigenvalue weighted by Crippen LogP contribution is -2.69. The number of aromatic nitrogens is 2. The summed E-state index contributed by atoms with van der Waals surface area (Å²) >= 11 is 1.59. The molecule has 3 fully saturated rings. The zero-order valence-electron chi connectivity index (χ0n) is 20.6. The number of aliphatic hydroxyl groups is 1. The van der Waals surface area contributed by atoms with Gasteiger partial charge in [0, 0.05) is 29.8 Å². The van der Waals surface area contributed by atoms with Crippen LogP contribution in [0.15, 0.2) is 17.3 Å². The largest absolute Gasteiger partial charge is 0.389 e. The molecule has 182 valence electrons. The molecule has 3 saturated carbocycles. The van der Waals surface area contributed by atoms with Crippen LogP contribution in [0.5, 0.6) is 0 Å². The Morgan fingerprint density at radius 1 is 1.30 bits per heavy atom. The van der Waals surface area contributed by atoms with E-state index in [9.17, 15) is 14.7 Å². The molecule has 5 atom stereocenters. The van der Waals surface area contributed by atoms with Crippen molar-refractivity contribution >= 4 is 29.8 Å². The fourth-order valence-electron chi connectivity index (χ4n) is 6.60. The maximum absolute atomic E-state index is 13.4. The number of nitrogens with zero attached hydrogens (tertiary/aromatic N) is 2. The van der Waals surface area contributed by atoms with Crippen molar-refractivity contribution in [3.05, 3.63) is 17.8 Å². The highest BCUT2D eigenvalue weighted by Crippen LogP contribution is 2.68. The molecule has 3 aliphatic carbocycles. The summed E-state index contributed by atoms with van der Waals surface area (Å²) in [6, 6.07) is 0.0113. The SMILES string of the molecule is CC(=O)NC(C)(C)/C=C/n1ncc(C(=O)NC2C[C@@]3(O)CC4CC(C)CC23C4)c1SC(C)C. The van der Waals surface area contributed by atoms with Crippen LogP contribution >= 0.6 is 11.8 Å². The quantitative estimate of drug-likeness (QED) is 0.522. The summed E-state index contributed by atoms with van der Waals surface area (Å²) in [5.41, 5.74) is -0.764. The van der Waals surface area contributed by atoms with Crippen molar-refractivity contribution < 1.29 is 14.7 Å². The van der Waals surface area contributed by atoms with Gasteiger partial charge in [0.15, 0.2) is 0 Å². The fourth-order valence-corrected chi connectivity index (χ4v) is 7.54. The van der Waals surface area contributed by atoms with Gasteiger partial charge in [-0.25, -0.2) is 4.68 Å². The van der Waals surface area contributed by atoms with E-state index >= 15 is 0 Å². The van der Waals surface area contributed by atoms with Crippen LogP contribution in [0.3, 0.4) is 0 Å². The second-order valence-corrected chi connectivity index (χ2v) is 13.0. The third-order valence-electron chi connectivity index (χ3n) is 7.64. The van der Waals surface area contributed by atoms with E-state index in [0.717, 1.165) is 24.3 Å². The van der Waals surface area contributed by atoms with Crippen LogP contribution in [0.25, 0.3) is 6.20 Å². The molecule has 3 N–H and O–H groups in total. The molecule has 7 nitrogen and oxygen atoms in total. The first-order chi connectivity index (χ1) is 15.3. The van der Waals surface area contributed by atoms with E-state index in [0.29, 0.717) is 23.8 Å². The third kappa shape index (κ3) is 4.48. The fraction of sp³-hybridized carbons (Fsp3) is 0.720. The van der Waals surface area contributed by atoms with E-state index in [1.54, 1.807) is 22.6 Å². The number of amides is 2. The van der Waals surface area contributed by atoms with Crippen molar-refractivity contribution in [3.8, 4) is 0 Å². The zero-order valence-corrected chi connectivity index (χ0v) is 21.5. The first-order valence-electron chi connectivity index (χ1n) is 12.1. The normalized spacial score (nSPS) is 33.2. The molecule has 4 unspecified atom stereocenters. The predicted molar refractivity (Wildman–Crippen MR) is 131 cm³/mol. The molecule has 1 aromatic heterocycles. The maximum atomic E-state index is 13.4. The van der Waals surface area contributed by atoms with Gasteiger partial charge in [-0.1, -0.05) is 20.8 Å². The number of rotatable bonds is 7. The predicted octanol–water partition coefficient (Wildman–Crippen LogP) is 3.83. The van der Waals surface area contributed by atoms with Gasteiger partial charge in [0.2, 0.25) is 5.91 Å². The van der Waals surface area contributed by atoms with E-state index in [1.807, 2.05) is 26.1 Å². The van der Waals surface area contributed by atoms with Gasteiger partial charge in [0.25, 0.3) is 5.91 Å². The Morgan fingerprint density at radius 2 is 2.03 bits per heavy atom. The minimum absolute atomic E-state index is 0.0113. The van der Waals surface area contributed by atoms with Crippen LogP contribution < -0.4 is 10.6 Å². The first kappa shape index (κ1) is 24.3. The molecule has 0 aromatic carbocycles. The molecule has 0 saturated heterocycles. The first-order valence-corrected chi connectivity index (χ1v) is 13.0. The van der Waals surface area contributed by atoms with Crippen LogP contribution in [0, 0.1) is 17.3 Å². The van der Waals surface area contributed by atoms with Gasteiger partial charge >= 0.3 is 0 Å². The number of hydrogen-bond acceptors (Lipinski definition) is 5. The highest BCUT2D eigenvalue weighted by atomic mass is 32.2. The molecule has 1 spiro atoms. The second kappa shape index (κ2) is 8.45. The third-order valence-corrected chi connectivity index (χ3v) is 8.74. The Kier molecular flexibility index (Phi) is 6.23. The van der Waals surface area contributed by atoms with E-state index < -0.39 is 11.1 Å². The maximum Gasteiger partial charge on any atom is 0.255 e. The summed E-state index contributed by atoms with van der Waals surface area (Å²) < 4.78 is 1.72. The molecule has 0 aliphatic heterocycles. The van der Waals surface area contributed by atoms with Crippen LogP contribution in [-0.4, -0.2) is 49.1 Å². The number of nitrogens with one attached hydrogen (secondary N) is 2. The zero-order chi connectivity index (χ0) is 24.2. The lowest BCUT2D eigenvalue weighted by Gasteiger charge is -2.59. The monoisotopic (exact) mass is 474 g/mol. The summed E-state index contributed by atoms with van der Waals surface area (Å²) in [5.74, 6) is 0.937. The van der Waals surface area contributed by atoms with Crippen molar-refractivity contribution in [3.63, 3.8) is 0 Å². The lowest BCUT2D eigenvalue weighted by molar-refractivity contribution is -0.175. The van der Waals surface area contributed by atoms with Crippen LogP contribution in [0.2, 0.25) is 0 Å². The topological polar surface area (TPSA) is 96.2 Å². The average molecular weight is 475 g/mol. The van der Waals surface area contributed by atoms with Crippen molar-refractivity contribution in [1.29, 1.82) is 0 Å². The van der Waals surface area contributed by atoms with Gasteiger partial charge in [-0.15, -0.1) is 11.8 Å². The van der Waals surface area contributed by atoms with Gasteiger partial charge in [-0.2, -0.15) is 5.10 Å². The van der Waals surface area contributed by atoms with Crippen LogP contribution in [0.4, 0.5) is 0 Å². The Bertz CT molecular complexity index is 971. The van der Waals surface area contributed by atoms with E-state index in [2.05, 4.69) is 36.5 Å². The number of fused-ring (bicyclic) bond motifs is 1. The van der Waals surface area contributed by atoms with Crippen molar-refractivity contribution in [2.45, 2.75) is 101 Å². The molecule has 1 heterocycles. The smallest absolute Gasteiger partial charge is 0.255 e. The number of thioether (sulfide) groups is 1. The summed E-state index contributed by atoms with van der Waals surface area (Å²) in [6.07, 6.45) is 10.0. The Morgan fingerprint density at radius 3 is 2.70 bits per heavy atom. The molecule has 33 heavy (non-hydrogen) atoms. The Balaban J connectivity index is 1.54. The molecular formula is C25H38N4O3S. The average Bonchev–Trinajstić information content (AvgIpc) is 3.12.